The van der Waals surface area contributed by atoms with Crippen LogP contribution in [0, 0.1) is 16.7 Å². The van der Waals surface area contributed by atoms with E-state index in [0.29, 0.717) is 33.8 Å². The van der Waals surface area contributed by atoms with Crippen molar-refractivity contribution < 1.29 is 19.2 Å². The smallest absolute Gasteiger partial charge is 0.262 e. The molecule has 0 radical (unpaired) electrons. The monoisotopic (exact) mass is 776 g/mol. The summed E-state index contributed by atoms with van der Waals surface area (Å²) in [5, 5.41) is 12.0. The lowest BCUT2D eigenvalue weighted by atomic mass is 9.77. The topological polar surface area (TPSA) is 149 Å². The van der Waals surface area contributed by atoms with E-state index in [2.05, 4.69) is 42.8 Å². The molecule has 290 valence electrons. The number of amides is 4. The number of fused-ring (bicyclic) bond motifs is 1. The van der Waals surface area contributed by atoms with Crippen molar-refractivity contribution in [3.05, 3.63) is 76.2 Å². The third-order valence-electron chi connectivity index (χ3n) is 13.0. The van der Waals surface area contributed by atoms with Gasteiger partial charge in [0.25, 0.3) is 11.8 Å². The molecule has 7 heterocycles. The number of piperidine rings is 2. The summed E-state index contributed by atoms with van der Waals surface area (Å²) in [6, 6.07) is 13.2. The number of carbonyl (C=O) groups is 4. The summed E-state index contributed by atoms with van der Waals surface area (Å²) in [5.41, 5.74) is 4.35. The van der Waals surface area contributed by atoms with E-state index in [1.165, 1.54) is 0 Å². The van der Waals surface area contributed by atoms with Crippen molar-refractivity contribution >= 4 is 52.4 Å². The molecule has 1 aromatic heterocycles. The Kier molecular flexibility index (Phi) is 9.42. The molecule has 6 aliphatic heterocycles. The Hall–Kier alpha value is -5.10. The molecule has 2 atom stereocenters. The zero-order valence-electron chi connectivity index (χ0n) is 31.5. The highest BCUT2D eigenvalue weighted by Crippen LogP contribution is 2.46. The highest BCUT2D eigenvalue weighted by Gasteiger charge is 2.46. The molecular weight excluding hydrogens is 732 g/mol. The Morgan fingerprint density at radius 3 is 2.34 bits per heavy atom. The first-order valence-corrected chi connectivity index (χ1v) is 20.0. The number of rotatable bonds is 7. The maximum Gasteiger partial charge on any atom is 0.262 e. The minimum Gasteiger partial charge on any atom is -0.369 e. The van der Waals surface area contributed by atoms with Gasteiger partial charge >= 0.3 is 0 Å². The lowest BCUT2D eigenvalue weighted by molar-refractivity contribution is -0.136. The van der Waals surface area contributed by atoms with Crippen LogP contribution in [0.3, 0.4) is 0 Å². The lowest BCUT2D eigenvalue weighted by Gasteiger charge is -2.48. The molecular formula is C41H45ClN10O4. The van der Waals surface area contributed by atoms with E-state index in [1.807, 2.05) is 36.7 Å². The summed E-state index contributed by atoms with van der Waals surface area (Å²) in [5.74, 6) is -1.01. The Balaban J connectivity index is 0.724. The van der Waals surface area contributed by atoms with Crippen molar-refractivity contribution in [1.29, 1.82) is 5.26 Å². The SMILES string of the molecule is C[C@H]1CC2(CCN(c3cnc(CN4CC(N5CCN(c6ccc7c(c6)C(=O)N(C6CCC(=O)NC6=O)C7=O)CC5)C4)cn3)CC2)CN1c1ccc(C#N)c(Cl)c1. The zero-order valence-corrected chi connectivity index (χ0v) is 32.2. The molecule has 0 bridgehead atoms. The van der Waals surface area contributed by atoms with Crippen molar-refractivity contribution in [1.82, 2.24) is 30.0 Å². The van der Waals surface area contributed by atoms with Gasteiger partial charge in [0.1, 0.15) is 17.9 Å². The minimum absolute atomic E-state index is 0.0977. The van der Waals surface area contributed by atoms with Gasteiger partial charge in [-0.1, -0.05) is 11.6 Å². The third kappa shape index (κ3) is 6.65. The maximum absolute atomic E-state index is 13.3. The van der Waals surface area contributed by atoms with Gasteiger partial charge in [-0.05, 0) is 74.4 Å². The normalized spacial score (nSPS) is 24.4. The van der Waals surface area contributed by atoms with Crippen molar-refractivity contribution in [2.45, 2.75) is 63.7 Å². The second kappa shape index (κ2) is 14.4. The van der Waals surface area contributed by atoms with E-state index in [9.17, 15) is 24.4 Å². The van der Waals surface area contributed by atoms with Crippen molar-refractivity contribution in [3.8, 4) is 6.07 Å². The number of nitrogens with one attached hydrogen (secondary N) is 1. The van der Waals surface area contributed by atoms with Gasteiger partial charge < -0.3 is 14.7 Å². The molecule has 6 aliphatic rings. The van der Waals surface area contributed by atoms with Crippen LogP contribution in [0.15, 0.2) is 48.8 Å². The molecule has 2 aromatic carbocycles. The summed E-state index contributed by atoms with van der Waals surface area (Å²) < 4.78 is 0. The van der Waals surface area contributed by atoms with E-state index < -0.39 is 23.8 Å². The van der Waals surface area contributed by atoms with E-state index in [-0.39, 0.29) is 24.2 Å². The van der Waals surface area contributed by atoms with Gasteiger partial charge in [0.05, 0.1) is 39.8 Å². The number of imide groups is 2. The fourth-order valence-electron chi connectivity index (χ4n) is 9.74. The van der Waals surface area contributed by atoms with Crippen molar-refractivity contribution in [2.75, 3.05) is 73.6 Å². The zero-order chi connectivity index (χ0) is 38.7. The number of hydrogen-bond acceptors (Lipinski definition) is 12. The summed E-state index contributed by atoms with van der Waals surface area (Å²) in [4.78, 5) is 73.1. The van der Waals surface area contributed by atoms with Gasteiger partial charge in [0, 0.05) is 95.3 Å². The summed E-state index contributed by atoms with van der Waals surface area (Å²) in [6.45, 7) is 11.3. The molecule has 5 fully saturated rings. The van der Waals surface area contributed by atoms with Crippen LogP contribution in [0.4, 0.5) is 17.2 Å². The van der Waals surface area contributed by atoms with Gasteiger partial charge in [-0.2, -0.15) is 5.26 Å². The largest absolute Gasteiger partial charge is 0.369 e. The first-order chi connectivity index (χ1) is 27.1. The quantitative estimate of drug-likeness (QED) is 0.351. The van der Waals surface area contributed by atoms with Crippen molar-refractivity contribution in [3.63, 3.8) is 0 Å². The fourth-order valence-corrected chi connectivity index (χ4v) is 9.95. The molecule has 1 unspecified atom stereocenters. The Labute approximate surface area is 331 Å². The standard InChI is InChI=1S/C41H45ClN10O4/c1-26-18-41(25-51(26)30-3-2-27(19-43)34(42)17-30)8-10-50(11-9-41)36-21-44-28(20-45-36)22-47-23-31(24-47)49-14-12-48(13-15-49)29-4-5-32-33(16-29)40(56)52(39(32)55)35-6-7-37(53)46-38(35)54/h2-5,16-17,20-21,26,31,35H,6-15,18,22-25H2,1H3,(H,46,53,54)/t26-,35?/m0/s1. The van der Waals surface area contributed by atoms with Crippen LogP contribution in [-0.2, 0) is 16.1 Å². The van der Waals surface area contributed by atoms with Gasteiger partial charge in [-0.25, -0.2) is 4.98 Å². The van der Waals surface area contributed by atoms with Gasteiger partial charge in [-0.15, -0.1) is 0 Å². The number of halogens is 1. The number of piperazine rings is 1. The number of anilines is 3. The molecule has 9 rings (SSSR count). The van der Waals surface area contributed by atoms with Crippen LogP contribution in [0.25, 0.3) is 0 Å². The second-order valence-electron chi connectivity index (χ2n) is 16.4. The highest BCUT2D eigenvalue weighted by molar-refractivity contribution is 6.32. The predicted molar refractivity (Wildman–Crippen MR) is 209 cm³/mol. The first-order valence-electron chi connectivity index (χ1n) is 19.7. The molecule has 5 saturated heterocycles. The third-order valence-corrected chi connectivity index (χ3v) is 13.3. The van der Waals surface area contributed by atoms with E-state index in [1.54, 1.807) is 12.1 Å². The summed E-state index contributed by atoms with van der Waals surface area (Å²) >= 11 is 6.37. The van der Waals surface area contributed by atoms with Crippen LogP contribution in [0.2, 0.25) is 5.02 Å². The molecule has 1 N–H and O–H groups in total. The average molecular weight is 777 g/mol. The number of likely N-dealkylation sites (tertiary alicyclic amines) is 1. The molecule has 15 heteroatoms. The van der Waals surface area contributed by atoms with Crippen LogP contribution >= 0.6 is 11.6 Å². The van der Waals surface area contributed by atoms with Gasteiger partial charge in [0.15, 0.2) is 0 Å². The molecule has 0 saturated carbocycles. The Bertz CT molecular complexity index is 2120. The van der Waals surface area contributed by atoms with E-state index in [4.69, 9.17) is 21.6 Å². The molecule has 56 heavy (non-hydrogen) atoms. The number of benzene rings is 2. The number of aromatic nitrogens is 2. The second-order valence-corrected chi connectivity index (χ2v) is 16.8. The average Bonchev–Trinajstić information content (AvgIpc) is 3.64. The lowest BCUT2D eigenvalue weighted by Crippen LogP contribution is -2.62. The molecule has 1 spiro atoms. The Morgan fingerprint density at radius 1 is 0.893 bits per heavy atom. The molecule has 14 nitrogen and oxygen atoms in total. The Morgan fingerprint density at radius 2 is 1.64 bits per heavy atom. The van der Waals surface area contributed by atoms with Crippen molar-refractivity contribution in [2.24, 2.45) is 5.41 Å². The summed E-state index contributed by atoms with van der Waals surface area (Å²) in [6.07, 6.45) is 7.45. The number of nitriles is 1. The van der Waals surface area contributed by atoms with Gasteiger partial charge in [0.2, 0.25) is 11.8 Å². The van der Waals surface area contributed by atoms with Crippen LogP contribution in [0.1, 0.15) is 71.0 Å². The number of hydrogen-bond donors (Lipinski definition) is 1. The number of carbonyl (C=O) groups excluding carboxylic acids is 4. The fraction of sp³-hybridized carbons (Fsp3) is 0.488. The van der Waals surface area contributed by atoms with Crippen LogP contribution < -0.4 is 20.0 Å². The van der Waals surface area contributed by atoms with E-state index >= 15 is 0 Å². The highest BCUT2D eigenvalue weighted by atomic mass is 35.5. The van der Waals surface area contributed by atoms with Crippen LogP contribution in [0.5, 0.6) is 0 Å². The van der Waals surface area contributed by atoms with Gasteiger partial charge in [-0.3, -0.25) is 44.2 Å². The van der Waals surface area contributed by atoms with E-state index in [0.717, 1.165) is 112 Å². The summed E-state index contributed by atoms with van der Waals surface area (Å²) in [7, 11) is 0. The number of nitrogens with zero attached hydrogens (tertiary/aromatic N) is 9. The molecule has 4 amide bonds. The molecule has 0 aliphatic carbocycles. The molecule has 3 aromatic rings. The predicted octanol–water partition coefficient (Wildman–Crippen LogP) is 3.29. The minimum atomic E-state index is -0.966. The maximum atomic E-state index is 13.3. The van der Waals surface area contributed by atoms with Crippen LogP contribution in [-0.4, -0.2) is 125 Å². The first kappa shape index (κ1) is 36.5.